The van der Waals surface area contributed by atoms with Gasteiger partial charge in [-0.05, 0) is 45.6 Å². The Morgan fingerprint density at radius 3 is 2.47 bits per heavy atom. The van der Waals surface area contributed by atoms with E-state index in [0.29, 0.717) is 11.5 Å². The Morgan fingerprint density at radius 1 is 1.12 bits per heavy atom. The molecule has 3 aromatic rings. The fourth-order valence-corrected chi connectivity index (χ4v) is 6.20. The molecule has 1 unspecified atom stereocenters. The number of aryl methyl sites for hydroxylation is 2. The van der Waals surface area contributed by atoms with E-state index in [0.717, 1.165) is 54.2 Å². The maximum atomic E-state index is 14.0. The molecule has 1 aliphatic rings. The molecule has 0 amide bonds. The van der Waals surface area contributed by atoms with Crippen molar-refractivity contribution in [1.82, 2.24) is 15.0 Å². The van der Waals surface area contributed by atoms with Gasteiger partial charge < -0.3 is 10.1 Å². The van der Waals surface area contributed by atoms with Gasteiger partial charge in [-0.2, -0.15) is 0 Å². The molecule has 0 aliphatic carbocycles. The lowest BCUT2D eigenvalue weighted by Gasteiger charge is -2.28. The Labute approximate surface area is 200 Å². The van der Waals surface area contributed by atoms with E-state index >= 15 is 0 Å². The summed E-state index contributed by atoms with van der Waals surface area (Å²) in [5.74, 6) is -1.74. The molecular weight excluding hydrogens is 484 g/mol. The molecule has 4 heterocycles. The van der Waals surface area contributed by atoms with Gasteiger partial charge >= 0.3 is 0 Å². The normalized spacial score (nSPS) is 15.8. The minimum atomic E-state index is -4.32. The highest BCUT2D eigenvalue weighted by atomic mass is 32.2. The van der Waals surface area contributed by atoms with E-state index in [1.807, 2.05) is 11.6 Å². The van der Waals surface area contributed by atoms with Gasteiger partial charge in [0.05, 0.1) is 28.7 Å². The number of hydrogen-bond donors (Lipinski definition) is 2. The van der Waals surface area contributed by atoms with E-state index in [9.17, 15) is 17.2 Å². The van der Waals surface area contributed by atoms with Crippen molar-refractivity contribution in [3.05, 3.63) is 47.7 Å². The number of ether oxygens (including phenoxy) is 1. The van der Waals surface area contributed by atoms with E-state index in [1.54, 1.807) is 6.20 Å². The topological polar surface area (TPSA) is 106 Å². The predicted octanol–water partition coefficient (Wildman–Crippen LogP) is 4.52. The molecule has 34 heavy (non-hydrogen) atoms. The summed E-state index contributed by atoms with van der Waals surface area (Å²) in [5, 5.41) is 4.19. The lowest BCUT2D eigenvalue weighted by molar-refractivity contribution is 0.0622. The van der Waals surface area contributed by atoms with Gasteiger partial charge in [-0.3, -0.25) is 14.7 Å². The van der Waals surface area contributed by atoms with E-state index in [1.165, 1.54) is 24.3 Å². The third-order valence-electron chi connectivity index (χ3n) is 5.80. The fourth-order valence-electron chi connectivity index (χ4n) is 3.86. The second kappa shape index (κ2) is 9.88. The van der Waals surface area contributed by atoms with Crippen molar-refractivity contribution in [2.45, 2.75) is 44.6 Å². The first-order valence-corrected chi connectivity index (χ1v) is 13.1. The van der Waals surface area contributed by atoms with Crippen LogP contribution in [0.3, 0.4) is 0 Å². The summed E-state index contributed by atoms with van der Waals surface area (Å²) >= 11 is 1.40. The van der Waals surface area contributed by atoms with Gasteiger partial charge in [0.25, 0.3) is 10.0 Å². The quantitative estimate of drug-likeness (QED) is 0.482. The van der Waals surface area contributed by atoms with Crippen LogP contribution in [-0.4, -0.2) is 42.6 Å². The van der Waals surface area contributed by atoms with Crippen LogP contribution < -0.4 is 10.0 Å². The minimum absolute atomic E-state index is 0.182. The van der Waals surface area contributed by atoms with Crippen molar-refractivity contribution in [2.75, 3.05) is 23.3 Å². The first-order valence-electron chi connectivity index (χ1n) is 10.8. The molecule has 0 radical (unpaired) electrons. The summed E-state index contributed by atoms with van der Waals surface area (Å²) < 4.78 is 61.3. The fraction of sp³-hybridized carbons (Fsp3) is 0.409. The van der Waals surface area contributed by atoms with Gasteiger partial charge in [0, 0.05) is 31.0 Å². The lowest BCUT2D eigenvalue weighted by atomic mass is 9.93. The largest absolute Gasteiger partial charge is 0.381 e. The average Bonchev–Trinajstić information content (AvgIpc) is 3.17. The number of aromatic nitrogens is 3. The van der Waals surface area contributed by atoms with Crippen LogP contribution in [0.1, 0.15) is 31.2 Å². The number of anilines is 2. The van der Waals surface area contributed by atoms with Crippen LogP contribution in [0, 0.1) is 31.4 Å². The smallest absolute Gasteiger partial charge is 0.263 e. The van der Waals surface area contributed by atoms with E-state index in [-0.39, 0.29) is 16.6 Å². The molecule has 182 valence electrons. The number of thiazole rings is 1. The molecule has 3 aromatic heterocycles. The van der Waals surface area contributed by atoms with Crippen LogP contribution in [-0.2, 0) is 14.8 Å². The number of hydrogen-bond acceptors (Lipinski definition) is 8. The maximum Gasteiger partial charge on any atom is 0.263 e. The zero-order valence-corrected chi connectivity index (χ0v) is 20.6. The van der Waals surface area contributed by atoms with E-state index in [2.05, 4.69) is 27.2 Å². The van der Waals surface area contributed by atoms with Crippen molar-refractivity contribution in [3.63, 3.8) is 0 Å². The van der Waals surface area contributed by atoms with E-state index < -0.39 is 27.3 Å². The minimum Gasteiger partial charge on any atom is -0.381 e. The molecule has 8 nitrogen and oxygen atoms in total. The van der Waals surface area contributed by atoms with Gasteiger partial charge in [0.1, 0.15) is 10.6 Å². The summed E-state index contributed by atoms with van der Waals surface area (Å²) in [6.45, 7) is 6.98. The van der Waals surface area contributed by atoms with Crippen molar-refractivity contribution in [1.29, 1.82) is 0 Å². The Morgan fingerprint density at radius 2 is 1.79 bits per heavy atom. The predicted molar refractivity (Wildman–Crippen MR) is 126 cm³/mol. The zero-order valence-electron chi connectivity index (χ0n) is 18.9. The molecule has 1 fully saturated rings. The summed E-state index contributed by atoms with van der Waals surface area (Å²) in [6.07, 6.45) is 5.01. The summed E-state index contributed by atoms with van der Waals surface area (Å²) in [7, 11) is -4.32. The van der Waals surface area contributed by atoms with Crippen molar-refractivity contribution < 1.29 is 21.9 Å². The molecule has 0 saturated carbocycles. The lowest BCUT2D eigenvalue weighted by Crippen LogP contribution is -2.30. The highest BCUT2D eigenvalue weighted by Crippen LogP contribution is 2.35. The summed E-state index contributed by atoms with van der Waals surface area (Å²) in [4.78, 5) is 12.8. The van der Waals surface area contributed by atoms with Crippen LogP contribution in [0.5, 0.6) is 0 Å². The van der Waals surface area contributed by atoms with Gasteiger partial charge in [0.15, 0.2) is 16.8 Å². The molecule has 12 heteroatoms. The third-order valence-corrected chi connectivity index (χ3v) is 8.41. The molecule has 1 aliphatic heterocycles. The first kappa shape index (κ1) is 24.4. The number of sulfonamides is 1. The summed E-state index contributed by atoms with van der Waals surface area (Å²) in [6, 6.07) is 1.65. The molecular formula is C22H25F2N5O3S2. The van der Waals surface area contributed by atoms with E-state index in [4.69, 9.17) is 4.74 Å². The second-order valence-electron chi connectivity index (χ2n) is 8.21. The number of pyridine rings is 2. The van der Waals surface area contributed by atoms with Gasteiger partial charge in [-0.25, -0.2) is 22.2 Å². The molecule has 1 atom stereocenters. The molecule has 1 saturated heterocycles. The second-order valence-corrected chi connectivity index (χ2v) is 10.9. The Kier molecular flexibility index (Phi) is 7.10. The SMILES string of the molecule is Cc1ncc(-c2sc(NC(C)C3CCOCC3)nc2C)cc1S(=O)(=O)Nc1c(F)cncc1F. The molecule has 2 N–H and O–H groups in total. The Bertz CT molecular complexity index is 1270. The average molecular weight is 510 g/mol. The highest BCUT2D eigenvalue weighted by Gasteiger charge is 2.25. The van der Waals surface area contributed by atoms with Crippen LogP contribution in [0.2, 0.25) is 0 Å². The highest BCUT2D eigenvalue weighted by molar-refractivity contribution is 7.92. The van der Waals surface area contributed by atoms with Gasteiger partial charge in [-0.15, -0.1) is 0 Å². The molecule has 4 rings (SSSR count). The van der Waals surface area contributed by atoms with Crippen LogP contribution in [0.4, 0.5) is 19.6 Å². The van der Waals surface area contributed by atoms with Crippen LogP contribution in [0.15, 0.2) is 29.6 Å². The standard InChI is InChI=1S/C22H25F2N5O3S2/c1-12(15-4-6-32-7-5-15)27-22-28-14(3)21(33-22)16-8-19(13(2)26-9-16)34(30,31)29-20-17(23)10-25-11-18(20)24/h8-12,15H,4-7H2,1-3H3,(H,25,29)(H,27,28). The van der Waals surface area contributed by atoms with Gasteiger partial charge in [-0.1, -0.05) is 11.3 Å². The van der Waals surface area contributed by atoms with Crippen molar-refractivity contribution in [2.24, 2.45) is 5.92 Å². The summed E-state index contributed by atoms with van der Waals surface area (Å²) in [5.41, 5.74) is 0.672. The van der Waals surface area contributed by atoms with Gasteiger partial charge in [0.2, 0.25) is 0 Å². The number of nitrogens with zero attached hydrogens (tertiary/aromatic N) is 3. The maximum absolute atomic E-state index is 14.0. The number of nitrogens with one attached hydrogen (secondary N) is 2. The molecule has 0 spiro atoms. The Balaban J connectivity index is 1.61. The molecule has 0 bridgehead atoms. The molecule has 0 aromatic carbocycles. The van der Waals surface area contributed by atoms with Crippen molar-refractivity contribution >= 4 is 32.2 Å². The number of halogens is 2. The zero-order chi connectivity index (χ0) is 24.5. The Hall–Kier alpha value is -2.70. The third kappa shape index (κ3) is 5.18. The number of rotatable bonds is 7. The van der Waals surface area contributed by atoms with Crippen LogP contribution >= 0.6 is 11.3 Å². The van der Waals surface area contributed by atoms with Crippen molar-refractivity contribution in [3.8, 4) is 10.4 Å². The van der Waals surface area contributed by atoms with Crippen LogP contribution in [0.25, 0.3) is 10.4 Å². The monoisotopic (exact) mass is 509 g/mol. The first-order chi connectivity index (χ1) is 16.2.